The standard InChI is InChI=1S/C6H7BF3NO4/c1-3-5(4(2)14-11-3)13-7(12)15-6(8,9)10/h12H,1-2H3. The number of alkyl halides is 3. The van der Waals surface area contributed by atoms with E-state index in [2.05, 4.69) is 19.0 Å². The summed E-state index contributed by atoms with van der Waals surface area (Å²) < 4.78 is 47.1. The van der Waals surface area contributed by atoms with E-state index in [9.17, 15) is 13.2 Å². The van der Waals surface area contributed by atoms with E-state index in [0.29, 0.717) is 0 Å². The van der Waals surface area contributed by atoms with Crippen LogP contribution < -0.4 is 4.65 Å². The van der Waals surface area contributed by atoms with E-state index >= 15 is 0 Å². The van der Waals surface area contributed by atoms with Crippen LogP contribution >= 0.6 is 0 Å². The average molecular weight is 225 g/mol. The second kappa shape index (κ2) is 4.11. The van der Waals surface area contributed by atoms with Crippen molar-refractivity contribution in [1.29, 1.82) is 0 Å². The lowest BCUT2D eigenvalue weighted by atomic mass is 10.2. The minimum absolute atomic E-state index is 0.0771. The first-order valence-electron chi connectivity index (χ1n) is 3.82. The van der Waals surface area contributed by atoms with Crippen molar-refractivity contribution in [2.45, 2.75) is 20.2 Å². The van der Waals surface area contributed by atoms with Gasteiger partial charge in [-0.3, -0.25) is 4.65 Å². The predicted molar refractivity (Wildman–Crippen MR) is 41.7 cm³/mol. The zero-order chi connectivity index (χ0) is 11.6. The molecule has 0 radical (unpaired) electrons. The van der Waals surface area contributed by atoms with Crippen molar-refractivity contribution in [2.24, 2.45) is 0 Å². The largest absolute Gasteiger partial charge is 0.716 e. The van der Waals surface area contributed by atoms with E-state index < -0.39 is 13.7 Å². The molecule has 1 N–H and O–H groups in total. The van der Waals surface area contributed by atoms with Crippen molar-refractivity contribution in [3.05, 3.63) is 11.5 Å². The Bertz CT molecular complexity index is 320. The number of rotatable bonds is 3. The number of hydrogen-bond acceptors (Lipinski definition) is 5. The highest BCUT2D eigenvalue weighted by atomic mass is 19.4. The molecule has 0 aliphatic rings. The maximum atomic E-state index is 11.6. The molecule has 0 amide bonds. The smallest absolute Gasteiger partial charge is 0.508 e. The summed E-state index contributed by atoms with van der Waals surface area (Å²) >= 11 is 0. The highest BCUT2D eigenvalue weighted by Crippen LogP contribution is 2.24. The van der Waals surface area contributed by atoms with Gasteiger partial charge in [0.1, 0.15) is 5.69 Å². The van der Waals surface area contributed by atoms with Crippen molar-refractivity contribution in [3.8, 4) is 5.75 Å². The van der Waals surface area contributed by atoms with E-state index in [0.717, 1.165) is 0 Å². The second-order valence-corrected chi connectivity index (χ2v) is 2.64. The van der Waals surface area contributed by atoms with Gasteiger partial charge in [0.05, 0.1) is 0 Å². The van der Waals surface area contributed by atoms with Crippen LogP contribution in [0.3, 0.4) is 0 Å². The average Bonchev–Trinajstić information content (AvgIpc) is 2.32. The summed E-state index contributed by atoms with van der Waals surface area (Å²) in [6.45, 7) is 2.88. The van der Waals surface area contributed by atoms with Gasteiger partial charge < -0.3 is 14.2 Å². The third kappa shape index (κ3) is 3.44. The van der Waals surface area contributed by atoms with Crippen LogP contribution in [-0.2, 0) is 4.65 Å². The fourth-order valence-corrected chi connectivity index (χ4v) is 0.882. The van der Waals surface area contributed by atoms with Crippen LogP contribution in [0.5, 0.6) is 5.75 Å². The van der Waals surface area contributed by atoms with Crippen LogP contribution in [0.15, 0.2) is 4.52 Å². The molecule has 0 aromatic carbocycles. The van der Waals surface area contributed by atoms with Crippen LogP contribution in [0.4, 0.5) is 13.2 Å². The Kier molecular flexibility index (Phi) is 3.25. The Hall–Kier alpha value is -1.22. The summed E-state index contributed by atoms with van der Waals surface area (Å²) in [5, 5.41) is 12.2. The molecule has 0 bridgehead atoms. The molecule has 0 unspecified atom stereocenters. The van der Waals surface area contributed by atoms with Crippen LogP contribution in [0.1, 0.15) is 11.5 Å². The molecule has 0 saturated carbocycles. The number of halogens is 3. The molecule has 15 heavy (non-hydrogen) atoms. The predicted octanol–water partition coefficient (Wildman–Crippen LogP) is 1.18. The highest BCUT2D eigenvalue weighted by molar-refractivity contribution is 6.35. The van der Waals surface area contributed by atoms with Crippen molar-refractivity contribution >= 4 is 7.32 Å². The quantitative estimate of drug-likeness (QED) is 0.782. The lowest BCUT2D eigenvalue weighted by molar-refractivity contribution is -0.288. The van der Waals surface area contributed by atoms with Gasteiger partial charge in [-0.25, -0.2) is 0 Å². The molecule has 1 aromatic heterocycles. The number of aryl methyl sites for hydroxylation is 2. The van der Waals surface area contributed by atoms with Gasteiger partial charge in [-0.1, -0.05) is 5.16 Å². The summed E-state index contributed by atoms with van der Waals surface area (Å²) in [5.41, 5.74) is 0.220. The number of hydrogen-bond donors (Lipinski definition) is 1. The van der Waals surface area contributed by atoms with Gasteiger partial charge in [0.25, 0.3) is 0 Å². The molecule has 0 spiro atoms. The van der Waals surface area contributed by atoms with E-state index in [1.165, 1.54) is 13.8 Å². The maximum Gasteiger partial charge on any atom is 0.716 e. The van der Waals surface area contributed by atoms with E-state index in [1.54, 1.807) is 0 Å². The van der Waals surface area contributed by atoms with Gasteiger partial charge in [0.15, 0.2) is 11.5 Å². The molecule has 1 aromatic rings. The van der Waals surface area contributed by atoms with E-state index in [4.69, 9.17) is 5.02 Å². The monoisotopic (exact) mass is 225 g/mol. The van der Waals surface area contributed by atoms with Crippen molar-refractivity contribution in [1.82, 2.24) is 5.16 Å². The van der Waals surface area contributed by atoms with Gasteiger partial charge >= 0.3 is 13.7 Å². The molecule has 1 heterocycles. The number of aromatic nitrogens is 1. The highest BCUT2D eigenvalue weighted by Gasteiger charge is 2.39. The molecular weight excluding hydrogens is 218 g/mol. The Labute approximate surface area is 82.9 Å². The van der Waals surface area contributed by atoms with E-state index in [-0.39, 0.29) is 17.2 Å². The van der Waals surface area contributed by atoms with Gasteiger partial charge in [0.2, 0.25) is 0 Å². The first-order chi connectivity index (χ1) is 6.79. The topological polar surface area (TPSA) is 64.7 Å². The van der Waals surface area contributed by atoms with Crippen LogP contribution in [-0.4, -0.2) is 23.9 Å². The molecule has 0 aliphatic carbocycles. The second-order valence-electron chi connectivity index (χ2n) is 2.64. The van der Waals surface area contributed by atoms with Crippen LogP contribution in [0.25, 0.3) is 0 Å². The lowest BCUT2D eigenvalue weighted by Gasteiger charge is -2.10. The molecule has 0 aliphatic heterocycles. The number of nitrogens with zero attached hydrogens (tertiary/aromatic N) is 1. The summed E-state index contributed by atoms with van der Waals surface area (Å²) in [4.78, 5) is 0. The van der Waals surface area contributed by atoms with Crippen LogP contribution in [0, 0.1) is 13.8 Å². The van der Waals surface area contributed by atoms with E-state index in [1.807, 2.05) is 0 Å². The fourth-order valence-electron chi connectivity index (χ4n) is 0.882. The van der Waals surface area contributed by atoms with Crippen molar-refractivity contribution in [2.75, 3.05) is 0 Å². The zero-order valence-corrected chi connectivity index (χ0v) is 7.83. The van der Waals surface area contributed by atoms with Gasteiger partial charge in [-0.15, -0.1) is 13.2 Å². The molecule has 5 nitrogen and oxygen atoms in total. The molecule has 84 valence electrons. The molecular formula is C6H7BF3NO4. The first-order valence-corrected chi connectivity index (χ1v) is 3.82. The molecule has 0 atom stereocenters. The maximum absolute atomic E-state index is 11.6. The van der Waals surface area contributed by atoms with Gasteiger partial charge in [-0.2, -0.15) is 0 Å². The van der Waals surface area contributed by atoms with Gasteiger partial charge in [0, 0.05) is 6.92 Å². The Morgan fingerprint density at radius 2 is 2.00 bits per heavy atom. The summed E-state index contributed by atoms with van der Waals surface area (Å²) in [5.74, 6) is 0.0732. The van der Waals surface area contributed by atoms with Crippen LogP contribution in [0.2, 0.25) is 0 Å². The summed E-state index contributed by atoms with van der Waals surface area (Å²) in [6.07, 6.45) is -4.97. The first kappa shape index (κ1) is 11.9. The summed E-state index contributed by atoms with van der Waals surface area (Å²) in [6, 6.07) is 0. The van der Waals surface area contributed by atoms with Crippen molar-refractivity contribution < 1.29 is 32.0 Å². The molecule has 0 fully saturated rings. The lowest BCUT2D eigenvalue weighted by Crippen LogP contribution is -2.33. The van der Waals surface area contributed by atoms with Crippen molar-refractivity contribution in [3.63, 3.8) is 0 Å². The molecule has 1 rings (SSSR count). The Morgan fingerprint density at radius 3 is 2.40 bits per heavy atom. The normalized spacial score (nSPS) is 11.6. The molecule has 9 heteroatoms. The molecule has 0 saturated heterocycles. The fraction of sp³-hybridized carbons (Fsp3) is 0.500. The third-order valence-electron chi connectivity index (χ3n) is 1.42. The van der Waals surface area contributed by atoms with Gasteiger partial charge in [-0.05, 0) is 6.92 Å². The minimum Gasteiger partial charge on any atom is -0.508 e. The summed E-state index contributed by atoms with van der Waals surface area (Å²) in [7, 11) is -2.44. The SMILES string of the molecule is Cc1noc(C)c1OB(O)OC(F)(F)F. The Morgan fingerprint density at radius 1 is 1.40 bits per heavy atom. The zero-order valence-electron chi connectivity index (χ0n) is 7.83. The third-order valence-corrected chi connectivity index (χ3v) is 1.42. The minimum atomic E-state index is -4.97. The Balaban J connectivity index is 2.63.